The number of fused-ring (bicyclic) bond motifs is 1. The van der Waals surface area contributed by atoms with Crippen LogP contribution >= 0.6 is 0 Å². The Morgan fingerprint density at radius 2 is 1.83 bits per heavy atom. The fourth-order valence-corrected chi connectivity index (χ4v) is 3.87. The molecule has 0 aliphatic rings. The van der Waals surface area contributed by atoms with Crippen molar-refractivity contribution in [3.63, 3.8) is 0 Å². The number of anilines is 1. The van der Waals surface area contributed by atoms with E-state index in [0.717, 1.165) is 34.2 Å². The van der Waals surface area contributed by atoms with E-state index in [1.807, 2.05) is 48.5 Å². The zero-order valence-corrected chi connectivity index (χ0v) is 16.5. The van der Waals surface area contributed by atoms with Crippen molar-refractivity contribution in [3.05, 3.63) is 83.9 Å². The molecule has 0 aliphatic heterocycles. The van der Waals surface area contributed by atoms with Crippen LogP contribution in [0.2, 0.25) is 0 Å². The monoisotopic (exact) mass is 402 g/mol. The Morgan fingerprint density at radius 1 is 1.03 bits per heavy atom. The molecule has 7 heteroatoms. The molecule has 0 saturated heterocycles. The average Bonchev–Trinajstić information content (AvgIpc) is 3.06. The van der Waals surface area contributed by atoms with Gasteiger partial charge in [0.2, 0.25) is 10.0 Å². The average molecular weight is 402 g/mol. The molecule has 0 bridgehead atoms. The van der Waals surface area contributed by atoms with Gasteiger partial charge in [-0.1, -0.05) is 36.4 Å². The summed E-state index contributed by atoms with van der Waals surface area (Å²) in [4.78, 5) is 4.78. The number of benzene rings is 3. The SMILES string of the molecule is CS(=O)(=O)Nc1cccc(-c2nc3ccccc3n2Cc2cccc(C#N)c2)c1. The molecular weight excluding hydrogens is 384 g/mol. The highest BCUT2D eigenvalue weighted by molar-refractivity contribution is 7.92. The predicted molar refractivity (Wildman–Crippen MR) is 114 cm³/mol. The summed E-state index contributed by atoms with van der Waals surface area (Å²) in [7, 11) is -3.37. The molecule has 1 aromatic heterocycles. The number of imidazole rings is 1. The van der Waals surface area contributed by atoms with Gasteiger partial charge in [0.1, 0.15) is 5.82 Å². The van der Waals surface area contributed by atoms with E-state index in [2.05, 4.69) is 15.4 Å². The van der Waals surface area contributed by atoms with Crippen LogP contribution in [-0.2, 0) is 16.6 Å². The molecule has 0 aliphatic carbocycles. The van der Waals surface area contributed by atoms with E-state index in [4.69, 9.17) is 4.98 Å². The van der Waals surface area contributed by atoms with Crippen LogP contribution in [0.25, 0.3) is 22.4 Å². The van der Waals surface area contributed by atoms with Crippen molar-refractivity contribution in [2.75, 3.05) is 11.0 Å². The minimum Gasteiger partial charge on any atom is -0.319 e. The van der Waals surface area contributed by atoms with Crippen LogP contribution in [0, 0.1) is 11.3 Å². The normalized spacial score (nSPS) is 11.3. The van der Waals surface area contributed by atoms with Gasteiger partial charge in [-0.05, 0) is 42.0 Å². The molecular formula is C22H18N4O2S. The molecule has 6 nitrogen and oxygen atoms in total. The molecule has 3 aromatic carbocycles. The maximum absolute atomic E-state index is 11.6. The summed E-state index contributed by atoms with van der Waals surface area (Å²) in [5.41, 5.74) is 4.68. The molecule has 0 atom stereocenters. The fraction of sp³-hybridized carbons (Fsp3) is 0.0909. The van der Waals surface area contributed by atoms with E-state index >= 15 is 0 Å². The second kappa shape index (κ2) is 7.41. The third-order valence-electron chi connectivity index (χ3n) is 4.48. The first-order chi connectivity index (χ1) is 13.9. The number of nitrogens with one attached hydrogen (secondary N) is 1. The third-order valence-corrected chi connectivity index (χ3v) is 5.08. The number of hydrogen-bond acceptors (Lipinski definition) is 4. The van der Waals surface area contributed by atoms with E-state index < -0.39 is 10.0 Å². The van der Waals surface area contributed by atoms with Crippen molar-refractivity contribution in [1.82, 2.24) is 9.55 Å². The maximum atomic E-state index is 11.6. The topological polar surface area (TPSA) is 87.8 Å². The molecule has 0 unspecified atom stereocenters. The lowest BCUT2D eigenvalue weighted by Gasteiger charge is -2.11. The van der Waals surface area contributed by atoms with Gasteiger partial charge in [0, 0.05) is 17.8 Å². The number of hydrogen-bond donors (Lipinski definition) is 1. The highest BCUT2D eigenvalue weighted by Gasteiger charge is 2.14. The second-order valence-electron chi connectivity index (χ2n) is 6.78. The highest BCUT2D eigenvalue weighted by Crippen LogP contribution is 2.28. The molecule has 0 saturated carbocycles. The standard InChI is InChI=1S/C22H18N4O2S/c1-29(27,28)25-19-9-5-8-18(13-19)22-24-20-10-2-3-11-21(20)26(22)15-17-7-4-6-16(12-17)14-23/h2-13,25H,15H2,1H3. The van der Waals surface area contributed by atoms with Gasteiger partial charge >= 0.3 is 0 Å². The van der Waals surface area contributed by atoms with Crippen molar-refractivity contribution < 1.29 is 8.42 Å². The van der Waals surface area contributed by atoms with Crippen LogP contribution in [0.3, 0.4) is 0 Å². The summed E-state index contributed by atoms with van der Waals surface area (Å²) in [5, 5.41) is 9.19. The fourth-order valence-electron chi connectivity index (χ4n) is 3.31. The van der Waals surface area contributed by atoms with Crippen LogP contribution in [-0.4, -0.2) is 24.2 Å². The van der Waals surface area contributed by atoms with Gasteiger partial charge in [0.15, 0.2) is 0 Å². The first kappa shape index (κ1) is 18.7. The molecule has 0 radical (unpaired) electrons. The third kappa shape index (κ3) is 4.13. The molecule has 0 spiro atoms. The van der Waals surface area contributed by atoms with E-state index in [0.29, 0.717) is 17.8 Å². The Kier molecular flexibility index (Phi) is 4.79. The van der Waals surface area contributed by atoms with E-state index in [9.17, 15) is 13.7 Å². The number of rotatable bonds is 5. The van der Waals surface area contributed by atoms with Gasteiger partial charge in [-0.25, -0.2) is 13.4 Å². The van der Waals surface area contributed by atoms with E-state index in [-0.39, 0.29) is 0 Å². The first-order valence-electron chi connectivity index (χ1n) is 8.95. The smallest absolute Gasteiger partial charge is 0.229 e. The lowest BCUT2D eigenvalue weighted by molar-refractivity contribution is 0.607. The van der Waals surface area contributed by atoms with E-state index in [1.165, 1.54) is 0 Å². The highest BCUT2D eigenvalue weighted by atomic mass is 32.2. The minimum absolute atomic E-state index is 0.482. The Balaban J connectivity index is 1.84. The van der Waals surface area contributed by atoms with E-state index in [1.54, 1.807) is 24.3 Å². The van der Waals surface area contributed by atoms with Crippen molar-refractivity contribution in [1.29, 1.82) is 5.26 Å². The summed E-state index contributed by atoms with van der Waals surface area (Å²) < 4.78 is 27.8. The number of nitrogens with zero attached hydrogens (tertiary/aromatic N) is 3. The zero-order chi connectivity index (χ0) is 20.4. The largest absolute Gasteiger partial charge is 0.319 e. The van der Waals surface area contributed by atoms with Crippen molar-refractivity contribution in [2.45, 2.75) is 6.54 Å². The number of para-hydroxylation sites is 2. The number of nitriles is 1. The predicted octanol–water partition coefficient (Wildman–Crippen LogP) is 3.99. The molecule has 4 aromatic rings. The van der Waals surface area contributed by atoms with Gasteiger partial charge < -0.3 is 4.57 Å². The molecule has 4 rings (SSSR count). The van der Waals surface area contributed by atoms with Gasteiger partial charge in [-0.2, -0.15) is 5.26 Å². The van der Waals surface area contributed by atoms with Crippen LogP contribution in [0.15, 0.2) is 72.8 Å². The molecule has 0 amide bonds. The molecule has 1 N–H and O–H groups in total. The quantitative estimate of drug-likeness (QED) is 0.547. The Bertz CT molecular complexity index is 1350. The molecule has 1 heterocycles. The number of aromatic nitrogens is 2. The van der Waals surface area contributed by atoms with Crippen molar-refractivity contribution in [2.24, 2.45) is 0 Å². The Labute approximate surface area is 169 Å². The van der Waals surface area contributed by atoms with Crippen LogP contribution in [0.4, 0.5) is 5.69 Å². The van der Waals surface area contributed by atoms with Crippen LogP contribution in [0.1, 0.15) is 11.1 Å². The summed E-state index contributed by atoms with van der Waals surface area (Å²) in [6.45, 7) is 0.537. The lowest BCUT2D eigenvalue weighted by Crippen LogP contribution is -2.09. The molecule has 144 valence electrons. The summed E-state index contributed by atoms with van der Waals surface area (Å²) in [6, 6.07) is 24.6. The summed E-state index contributed by atoms with van der Waals surface area (Å²) in [6.07, 6.45) is 1.12. The summed E-state index contributed by atoms with van der Waals surface area (Å²) >= 11 is 0. The Morgan fingerprint density at radius 3 is 2.62 bits per heavy atom. The minimum atomic E-state index is -3.37. The lowest BCUT2D eigenvalue weighted by atomic mass is 10.1. The van der Waals surface area contributed by atoms with Crippen molar-refractivity contribution >= 4 is 26.7 Å². The van der Waals surface area contributed by atoms with Crippen molar-refractivity contribution in [3.8, 4) is 17.5 Å². The summed E-state index contributed by atoms with van der Waals surface area (Å²) in [5.74, 6) is 0.728. The van der Waals surface area contributed by atoms with Crippen LogP contribution < -0.4 is 4.72 Å². The molecule has 29 heavy (non-hydrogen) atoms. The van der Waals surface area contributed by atoms with Gasteiger partial charge in [0.05, 0.1) is 28.9 Å². The van der Waals surface area contributed by atoms with Gasteiger partial charge in [0.25, 0.3) is 0 Å². The second-order valence-corrected chi connectivity index (χ2v) is 8.53. The van der Waals surface area contributed by atoms with Crippen LogP contribution in [0.5, 0.6) is 0 Å². The maximum Gasteiger partial charge on any atom is 0.229 e. The zero-order valence-electron chi connectivity index (χ0n) is 15.7. The Hall–Kier alpha value is -3.63. The number of sulfonamides is 1. The van der Waals surface area contributed by atoms with Gasteiger partial charge in [-0.15, -0.1) is 0 Å². The first-order valence-corrected chi connectivity index (χ1v) is 10.8. The van der Waals surface area contributed by atoms with Gasteiger partial charge in [-0.3, -0.25) is 4.72 Å². The molecule has 0 fully saturated rings.